The molecule has 1 aliphatic heterocycles. The summed E-state index contributed by atoms with van der Waals surface area (Å²) in [5.41, 5.74) is 3.23. The molecule has 3 heterocycles. The number of benzene rings is 1. The predicted octanol–water partition coefficient (Wildman–Crippen LogP) is 5.32. The predicted molar refractivity (Wildman–Crippen MR) is 135 cm³/mol. The largest absolute Gasteiger partial charge is 0.467 e. The second-order valence-electron chi connectivity index (χ2n) is 9.70. The van der Waals surface area contributed by atoms with Crippen molar-refractivity contribution in [2.24, 2.45) is 5.41 Å². The summed E-state index contributed by atoms with van der Waals surface area (Å²) < 4.78 is 5.85. The average Bonchev–Trinajstić information content (AvgIpc) is 3.47. The van der Waals surface area contributed by atoms with Crippen LogP contribution < -0.4 is 15.5 Å². The molecule has 2 aliphatic rings. The number of hydrogen-bond acceptors (Lipinski definition) is 6. The second kappa shape index (κ2) is 9.14. The molecule has 0 fully saturated rings. The number of ketones is 1. The molecule has 7 heteroatoms. The highest BCUT2D eigenvalue weighted by molar-refractivity contribution is 7.09. The minimum absolute atomic E-state index is 0.0875. The number of thiophene rings is 1. The number of carbonyl (C=O) groups excluding carboxylic acids is 2. The maximum absolute atomic E-state index is 13.5. The monoisotopic (exact) mass is 475 g/mol. The first-order chi connectivity index (χ1) is 16.4. The number of fused-ring (bicyclic) bond motifs is 1. The van der Waals surface area contributed by atoms with Crippen LogP contribution in [0, 0.1) is 5.41 Å². The number of anilines is 2. The molecule has 176 valence electrons. The van der Waals surface area contributed by atoms with E-state index in [9.17, 15) is 9.59 Å². The van der Waals surface area contributed by atoms with E-state index >= 15 is 0 Å². The third-order valence-electron chi connectivity index (χ3n) is 6.40. The lowest BCUT2D eigenvalue weighted by molar-refractivity contribution is -0.120. The van der Waals surface area contributed by atoms with Gasteiger partial charge in [-0.15, -0.1) is 11.3 Å². The van der Waals surface area contributed by atoms with E-state index in [0.29, 0.717) is 24.3 Å². The number of hydrogen-bond donors (Lipinski definition) is 2. The minimum Gasteiger partial charge on any atom is -0.467 e. The molecular formula is C27H29N3O3S. The maximum Gasteiger partial charge on any atom is 0.239 e. The van der Waals surface area contributed by atoms with Gasteiger partial charge in [-0.2, -0.15) is 0 Å². The molecule has 34 heavy (non-hydrogen) atoms. The number of allylic oxidation sites excluding steroid dienone is 1. The van der Waals surface area contributed by atoms with Gasteiger partial charge in [0.1, 0.15) is 11.8 Å². The summed E-state index contributed by atoms with van der Waals surface area (Å²) in [7, 11) is 0. The van der Waals surface area contributed by atoms with Gasteiger partial charge in [0, 0.05) is 29.1 Å². The number of nitrogens with zero attached hydrogens (tertiary/aromatic N) is 1. The number of nitrogens with one attached hydrogen (secondary N) is 2. The first kappa shape index (κ1) is 22.5. The Hall–Kier alpha value is -3.32. The van der Waals surface area contributed by atoms with Gasteiger partial charge in [-0.1, -0.05) is 32.0 Å². The zero-order valence-electron chi connectivity index (χ0n) is 19.5. The fourth-order valence-corrected chi connectivity index (χ4v) is 5.67. The molecular weight excluding hydrogens is 446 g/mol. The van der Waals surface area contributed by atoms with E-state index in [1.165, 1.54) is 4.88 Å². The van der Waals surface area contributed by atoms with Gasteiger partial charge in [-0.25, -0.2) is 0 Å². The fraction of sp³-hybridized carbons (Fsp3) is 0.333. The Balaban J connectivity index is 1.51. The molecule has 1 unspecified atom stereocenters. The molecule has 0 bridgehead atoms. The highest BCUT2D eigenvalue weighted by atomic mass is 32.1. The number of Topliss-reactive ketones (excluding diaryl/α,β-unsaturated/α-hetero) is 1. The van der Waals surface area contributed by atoms with Crippen molar-refractivity contribution in [1.29, 1.82) is 0 Å². The molecule has 1 atom stereocenters. The molecule has 1 aliphatic carbocycles. The fourth-order valence-electron chi connectivity index (χ4n) is 4.96. The van der Waals surface area contributed by atoms with Gasteiger partial charge in [0.2, 0.25) is 5.91 Å². The Kier molecular flexibility index (Phi) is 6.04. The highest BCUT2D eigenvalue weighted by Crippen LogP contribution is 2.48. The molecule has 3 aromatic rings. The van der Waals surface area contributed by atoms with Crippen molar-refractivity contribution in [3.8, 4) is 0 Å². The minimum atomic E-state index is -0.479. The van der Waals surface area contributed by atoms with Crippen molar-refractivity contribution in [2.75, 3.05) is 23.3 Å². The van der Waals surface area contributed by atoms with Crippen LogP contribution in [0.25, 0.3) is 0 Å². The molecule has 5 rings (SSSR count). The Bertz CT molecular complexity index is 1210. The van der Waals surface area contributed by atoms with Crippen molar-refractivity contribution in [3.05, 3.63) is 82.1 Å². The van der Waals surface area contributed by atoms with Gasteiger partial charge >= 0.3 is 0 Å². The summed E-state index contributed by atoms with van der Waals surface area (Å²) in [4.78, 5) is 29.9. The SMILES string of the molecule is CC1(C)CC(=O)C2=C(C1)Nc1ccccc1N(CC(=O)NCCc1cccs1)C2c1ccco1. The quantitative estimate of drug-likeness (QED) is 0.505. The third-order valence-corrected chi connectivity index (χ3v) is 7.34. The number of carbonyl (C=O) groups is 2. The molecule has 6 nitrogen and oxygen atoms in total. The van der Waals surface area contributed by atoms with Crippen LogP contribution in [-0.2, 0) is 16.0 Å². The van der Waals surface area contributed by atoms with E-state index in [1.807, 2.05) is 52.7 Å². The van der Waals surface area contributed by atoms with E-state index in [0.717, 1.165) is 29.9 Å². The average molecular weight is 476 g/mol. The van der Waals surface area contributed by atoms with Crippen LogP contribution >= 0.6 is 11.3 Å². The molecule has 0 spiro atoms. The molecule has 0 saturated carbocycles. The van der Waals surface area contributed by atoms with E-state index in [4.69, 9.17) is 4.42 Å². The summed E-state index contributed by atoms with van der Waals surface area (Å²) in [6, 6.07) is 15.2. The second-order valence-corrected chi connectivity index (χ2v) is 10.7. The molecule has 0 saturated heterocycles. The Morgan fingerprint density at radius 2 is 2.03 bits per heavy atom. The zero-order chi connectivity index (χ0) is 23.7. The lowest BCUT2D eigenvalue weighted by Crippen LogP contribution is -2.42. The van der Waals surface area contributed by atoms with Crippen LogP contribution in [0.2, 0.25) is 0 Å². The normalized spacial score (nSPS) is 19.2. The first-order valence-electron chi connectivity index (χ1n) is 11.6. The summed E-state index contributed by atoms with van der Waals surface area (Å²) in [6.07, 6.45) is 3.63. The smallest absolute Gasteiger partial charge is 0.239 e. The van der Waals surface area contributed by atoms with E-state index in [1.54, 1.807) is 17.6 Å². The molecule has 0 radical (unpaired) electrons. The lowest BCUT2D eigenvalue weighted by atomic mass is 9.74. The van der Waals surface area contributed by atoms with Crippen LogP contribution in [0.1, 0.15) is 43.4 Å². The van der Waals surface area contributed by atoms with Crippen molar-refractivity contribution < 1.29 is 14.0 Å². The zero-order valence-corrected chi connectivity index (χ0v) is 20.3. The van der Waals surface area contributed by atoms with Crippen molar-refractivity contribution >= 4 is 34.4 Å². The van der Waals surface area contributed by atoms with E-state index in [2.05, 4.69) is 30.5 Å². The summed E-state index contributed by atoms with van der Waals surface area (Å²) in [6.45, 7) is 4.92. The van der Waals surface area contributed by atoms with E-state index in [-0.39, 0.29) is 23.7 Å². The Labute approximate surface area is 203 Å². The number of para-hydroxylation sites is 2. The van der Waals surface area contributed by atoms with E-state index < -0.39 is 6.04 Å². The number of furan rings is 1. The molecule has 1 amide bonds. The van der Waals surface area contributed by atoms with Crippen molar-refractivity contribution in [2.45, 2.75) is 39.2 Å². The van der Waals surface area contributed by atoms with Crippen molar-refractivity contribution in [1.82, 2.24) is 5.32 Å². The topological polar surface area (TPSA) is 74.6 Å². The van der Waals surface area contributed by atoms with Crippen LogP contribution in [-0.4, -0.2) is 24.8 Å². The summed E-state index contributed by atoms with van der Waals surface area (Å²) in [5.74, 6) is 0.664. The van der Waals surface area contributed by atoms with Gasteiger partial charge in [0.25, 0.3) is 0 Å². The van der Waals surface area contributed by atoms with Gasteiger partial charge < -0.3 is 20.0 Å². The number of amides is 1. The molecule has 2 aromatic heterocycles. The number of rotatable bonds is 6. The summed E-state index contributed by atoms with van der Waals surface area (Å²) in [5, 5.41) is 8.65. The van der Waals surface area contributed by atoms with Crippen LogP contribution in [0.15, 0.2) is 75.9 Å². The lowest BCUT2D eigenvalue weighted by Gasteiger charge is -2.36. The van der Waals surface area contributed by atoms with Gasteiger partial charge in [-0.05, 0) is 54.0 Å². The van der Waals surface area contributed by atoms with Crippen molar-refractivity contribution in [3.63, 3.8) is 0 Å². The first-order valence-corrected chi connectivity index (χ1v) is 12.5. The Morgan fingerprint density at radius 3 is 2.79 bits per heavy atom. The van der Waals surface area contributed by atoms with Crippen LogP contribution in [0.3, 0.4) is 0 Å². The Morgan fingerprint density at radius 1 is 1.18 bits per heavy atom. The molecule has 1 aromatic carbocycles. The van der Waals surface area contributed by atoms with Gasteiger partial charge in [0.15, 0.2) is 5.78 Å². The maximum atomic E-state index is 13.5. The standard InChI is InChI=1S/C27H29N3O3S/c1-27(2)15-20-25(22(31)16-27)26(23-10-5-13-33-23)30(21-9-4-3-8-19(21)29-20)17-24(32)28-12-11-18-7-6-14-34-18/h3-10,13-14,26,29H,11-12,15-17H2,1-2H3,(H,28,32). The van der Waals surface area contributed by atoms with Gasteiger partial charge in [-0.3, -0.25) is 9.59 Å². The highest BCUT2D eigenvalue weighted by Gasteiger charge is 2.42. The third kappa shape index (κ3) is 4.53. The summed E-state index contributed by atoms with van der Waals surface area (Å²) >= 11 is 1.69. The van der Waals surface area contributed by atoms with Crippen LogP contribution in [0.4, 0.5) is 11.4 Å². The molecule has 2 N–H and O–H groups in total. The van der Waals surface area contributed by atoms with Gasteiger partial charge in [0.05, 0.1) is 24.2 Å². The van der Waals surface area contributed by atoms with Crippen LogP contribution in [0.5, 0.6) is 0 Å².